The number of aryl methyl sites for hydroxylation is 3. The van der Waals surface area contributed by atoms with E-state index in [1.807, 2.05) is 24.3 Å². The largest absolute Gasteiger partial charge is 0.489 e. The topological polar surface area (TPSA) is 35.2 Å². The van der Waals surface area contributed by atoms with E-state index in [2.05, 4.69) is 32.9 Å². The van der Waals surface area contributed by atoms with Crippen molar-refractivity contribution in [3.63, 3.8) is 0 Å². The van der Waals surface area contributed by atoms with Crippen LogP contribution in [-0.2, 0) is 6.61 Å². The summed E-state index contributed by atoms with van der Waals surface area (Å²) in [6.45, 7) is 6.89. The van der Waals surface area contributed by atoms with Crippen LogP contribution in [0.4, 0.5) is 0 Å². The molecule has 0 saturated heterocycles. The van der Waals surface area contributed by atoms with Crippen molar-refractivity contribution < 1.29 is 4.74 Å². The van der Waals surface area contributed by atoms with Gasteiger partial charge in [-0.05, 0) is 49.6 Å². The second kappa shape index (κ2) is 6.06. The summed E-state index contributed by atoms with van der Waals surface area (Å²) in [6, 6.07) is 11.9. The van der Waals surface area contributed by atoms with Gasteiger partial charge >= 0.3 is 0 Å². The van der Waals surface area contributed by atoms with E-state index in [1.54, 1.807) is 0 Å². The Kier molecular flexibility index (Phi) is 4.40. The van der Waals surface area contributed by atoms with Crippen molar-refractivity contribution in [2.75, 3.05) is 0 Å². The third kappa shape index (κ3) is 3.36. The van der Waals surface area contributed by atoms with Crippen molar-refractivity contribution >= 4 is 17.2 Å². The van der Waals surface area contributed by atoms with Gasteiger partial charge in [0.25, 0.3) is 0 Å². The quantitative estimate of drug-likeness (QED) is 0.867. The Morgan fingerprint density at radius 3 is 2.35 bits per heavy atom. The van der Waals surface area contributed by atoms with Crippen molar-refractivity contribution in [2.24, 2.45) is 5.73 Å². The van der Waals surface area contributed by atoms with Crippen LogP contribution in [0.25, 0.3) is 0 Å². The summed E-state index contributed by atoms with van der Waals surface area (Å²) in [5.74, 6) is 0.787. The average molecular weight is 285 g/mol. The monoisotopic (exact) mass is 285 g/mol. The first-order chi connectivity index (χ1) is 9.47. The second-order valence-electron chi connectivity index (χ2n) is 5.06. The second-order valence-corrected chi connectivity index (χ2v) is 5.50. The standard InChI is InChI=1S/C17H19NOS/c1-11-7-12(2)16(13(3)8-11)10-19-15-6-4-5-14(9-15)17(18)20/h4-9H,10H2,1-3H3,(H2,18,20). The molecule has 2 rings (SSSR count). The summed E-state index contributed by atoms with van der Waals surface area (Å²) in [5, 5.41) is 0. The summed E-state index contributed by atoms with van der Waals surface area (Å²) in [5.41, 5.74) is 11.5. The molecule has 2 aromatic rings. The number of thiocarbonyl (C=S) groups is 1. The van der Waals surface area contributed by atoms with E-state index >= 15 is 0 Å². The fraction of sp³-hybridized carbons (Fsp3) is 0.235. The van der Waals surface area contributed by atoms with Crippen LogP contribution in [0, 0.1) is 20.8 Å². The van der Waals surface area contributed by atoms with Gasteiger partial charge in [0.15, 0.2) is 0 Å². The van der Waals surface area contributed by atoms with Crippen LogP contribution >= 0.6 is 12.2 Å². The summed E-state index contributed by atoms with van der Waals surface area (Å²) >= 11 is 4.98. The van der Waals surface area contributed by atoms with Crippen molar-refractivity contribution in [3.8, 4) is 5.75 Å². The highest BCUT2D eigenvalue weighted by Gasteiger charge is 2.05. The minimum atomic E-state index is 0.387. The number of ether oxygens (including phenoxy) is 1. The van der Waals surface area contributed by atoms with E-state index in [1.165, 1.54) is 22.3 Å². The minimum Gasteiger partial charge on any atom is -0.489 e. The zero-order chi connectivity index (χ0) is 14.7. The highest BCUT2D eigenvalue weighted by molar-refractivity contribution is 7.80. The zero-order valence-electron chi connectivity index (χ0n) is 12.1. The molecule has 0 aliphatic rings. The molecule has 0 radical (unpaired) electrons. The smallest absolute Gasteiger partial charge is 0.120 e. The Hall–Kier alpha value is -1.87. The molecule has 0 aromatic heterocycles. The van der Waals surface area contributed by atoms with E-state index in [9.17, 15) is 0 Å². The lowest BCUT2D eigenvalue weighted by molar-refractivity contribution is 0.304. The maximum absolute atomic E-state index is 5.87. The van der Waals surface area contributed by atoms with Crippen LogP contribution in [0.5, 0.6) is 5.75 Å². The van der Waals surface area contributed by atoms with Gasteiger partial charge in [0, 0.05) is 5.56 Å². The van der Waals surface area contributed by atoms with Gasteiger partial charge in [-0.1, -0.05) is 42.0 Å². The first-order valence-electron chi connectivity index (χ1n) is 6.57. The van der Waals surface area contributed by atoms with E-state index in [0.29, 0.717) is 11.6 Å². The predicted molar refractivity (Wildman–Crippen MR) is 87.3 cm³/mol. The van der Waals surface area contributed by atoms with E-state index in [0.717, 1.165) is 11.3 Å². The molecule has 104 valence electrons. The molecule has 3 heteroatoms. The summed E-state index contributed by atoms with van der Waals surface area (Å²) in [6.07, 6.45) is 0. The Balaban J connectivity index is 2.17. The molecule has 0 heterocycles. The first kappa shape index (κ1) is 14.5. The van der Waals surface area contributed by atoms with Crippen molar-refractivity contribution in [3.05, 3.63) is 64.2 Å². The van der Waals surface area contributed by atoms with Gasteiger partial charge in [-0.3, -0.25) is 0 Å². The van der Waals surface area contributed by atoms with E-state index in [4.69, 9.17) is 22.7 Å². The first-order valence-corrected chi connectivity index (χ1v) is 6.97. The number of nitrogens with two attached hydrogens (primary N) is 1. The van der Waals surface area contributed by atoms with Crippen molar-refractivity contribution in [1.29, 1.82) is 0 Å². The van der Waals surface area contributed by atoms with E-state index in [-0.39, 0.29) is 0 Å². The number of hydrogen-bond acceptors (Lipinski definition) is 2. The third-order valence-corrected chi connectivity index (χ3v) is 3.58. The molecule has 2 N–H and O–H groups in total. The molecular formula is C17H19NOS. The number of rotatable bonds is 4. The zero-order valence-corrected chi connectivity index (χ0v) is 12.9. The summed E-state index contributed by atoms with van der Waals surface area (Å²) < 4.78 is 5.87. The molecule has 0 bridgehead atoms. The molecule has 0 saturated carbocycles. The maximum Gasteiger partial charge on any atom is 0.120 e. The average Bonchev–Trinajstić information content (AvgIpc) is 2.37. The molecule has 0 spiro atoms. The third-order valence-electron chi connectivity index (χ3n) is 3.34. The molecule has 0 aliphatic heterocycles. The molecule has 0 unspecified atom stereocenters. The van der Waals surface area contributed by atoms with Crippen LogP contribution in [0.3, 0.4) is 0 Å². The lowest BCUT2D eigenvalue weighted by Crippen LogP contribution is -2.09. The van der Waals surface area contributed by atoms with Gasteiger partial charge in [0.05, 0.1) is 0 Å². The molecule has 0 aliphatic carbocycles. The molecule has 0 amide bonds. The SMILES string of the molecule is Cc1cc(C)c(COc2cccc(C(N)=S)c2)c(C)c1. The van der Waals surface area contributed by atoms with Gasteiger partial charge in [-0.15, -0.1) is 0 Å². The molecule has 0 fully saturated rings. The Morgan fingerprint density at radius 2 is 1.75 bits per heavy atom. The number of hydrogen-bond donors (Lipinski definition) is 1. The van der Waals surface area contributed by atoms with E-state index < -0.39 is 0 Å². The Morgan fingerprint density at radius 1 is 1.10 bits per heavy atom. The lowest BCUT2D eigenvalue weighted by Gasteiger charge is -2.13. The highest BCUT2D eigenvalue weighted by Crippen LogP contribution is 2.20. The fourth-order valence-corrected chi connectivity index (χ4v) is 2.46. The van der Waals surface area contributed by atoms with Crippen LogP contribution in [0.2, 0.25) is 0 Å². The van der Waals surface area contributed by atoms with Gasteiger partial charge < -0.3 is 10.5 Å². The molecule has 20 heavy (non-hydrogen) atoms. The molecule has 2 nitrogen and oxygen atoms in total. The van der Waals surface area contributed by atoms with Crippen molar-refractivity contribution in [2.45, 2.75) is 27.4 Å². The van der Waals surface area contributed by atoms with Crippen LogP contribution in [-0.4, -0.2) is 4.99 Å². The summed E-state index contributed by atoms with van der Waals surface area (Å²) in [7, 11) is 0. The lowest BCUT2D eigenvalue weighted by atomic mass is 10.0. The van der Waals surface area contributed by atoms with Crippen LogP contribution < -0.4 is 10.5 Å². The number of benzene rings is 2. The molecule has 2 aromatic carbocycles. The molecule has 0 atom stereocenters. The maximum atomic E-state index is 5.87. The molecular weight excluding hydrogens is 266 g/mol. The summed E-state index contributed by atoms with van der Waals surface area (Å²) in [4.78, 5) is 0.387. The minimum absolute atomic E-state index is 0.387. The van der Waals surface area contributed by atoms with Gasteiger partial charge in [-0.2, -0.15) is 0 Å². The van der Waals surface area contributed by atoms with Gasteiger partial charge in [0.2, 0.25) is 0 Å². The fourth-order valence-electron chi connectivity index (χ4n) is 2.33. The normalized spacial score (nSPS) is 10.3. The Bertz CT molecular complexity index is 626. The van der Waals surface area contributed by atoms with Crippen LogP contribution in [0.1, 0.15) is 27.8 Å². The predicted octanol–water partition coefficient (Wildman–Crippen LogP) is 3.83. The van der Waals surface area contributed by atoms with Gasteiger partial charge in [-0.25, -0.2) is 0 Å². The van der Waals surface area contributed by atoms with Crippen molar-refractivity contribution in [1.82, 2.24) is 0 Å². The van der Waals surface area contributed by atoms with Gasteiger partial charge in [0.1, 0.15) is 17.3 Å². The van der Waals surface area contributed by atoms with Crippen LogP contribution in [0.15, 0.2) is 36.4 Å². The Labute approximate surface area is 125 Å². The highest BCUT2D eigenvalue weighted by atomic mass is 32.1.